The minimum atomic E-state index is -5.45. The molecule has 2 aliphatic rings. The summed E-state index contributed by atoms with van der Waals surface area (Å²) in [7, 11) is 3.94. The molecule has 0 unspecified atom stereocenters. The number of halogens is 4. The Morgan fingerprint density at radius 2 is 1.51 bits per heavy atom. The number of hydrogen-bond donors (Lipinski definition) is 5. The number of anilines is 1. The number of carbonyl (C=O) groups is 5. The van der Waals surface area contributed by atoms with Crippen molar-refractivity contribution in [3.8, 4) is 22.5 Å². The number of nitrogens with one attached hydrogen (secondary N) is 4. The van der Waals surface area contributed by atoms with Gasteiger partial charge in [-0.3, -0.25) is 14.4 Å². The first kappa shape index (κ1) is 50.1. The number of carboxylic acids is 1. The number of alkyl halides is 4. The van der Waals surface area contributed by atoms with Gasteiger partial charge in [0.05, 0.1) is 0 Å². The number of piperidine rings is 1. The highest BCUT2D eigenvalue weighted by molar-refractivity contribution is 5.98. The van der Waals surface area contributed by atoms with Crippen molar-refractivity contribution in [3.63, 3.8) is 0 Å². The summed E-state index contributed by atoms with van der Waals surface area (Å²) in [4.78, 5) is 70.3. The molecule has 1 atom stereocenters. The first-order valence-corrected chi connectivity index (χ1v) is 22.3. The van der Waals surface area contributed by atoms with E-state index in [0.717, 1.165) is 48.2 Å². The molecule has 3 aromatic carbocycles. The summed E-state index contributed by atoms with van der Waals surface area (Å²) in [6.45, 7) is 9.59. The van der Waals surface area contributed by atoms with Gasteiger partial charge in [0.15, 0.2) is 5.82 Å². The van der Waals surface area contributed by atoms with E-state index in [0.29, 0.717) is 37.8 Å². The summed E-state index contributed by atoms with van der Waals surface area (Å²) in [6.07, 6.45) is 3.88. The number of nitrogens with zero attached hydrogens (tertiary/aromatic N) is 4. The summed E-state index contributed by atoms with van der Waals surface area (Å²) < 4.78 is 61.6. The van der Waals surface area contributed by atoms with E-state index in [9.17, 15) is 41.5 Å². The first-order valence-electron chi connectivity index (χ1n) is 22.3. The van der Waals surface area contributed by atoms with Crippen molar-refractivity contribution >= 4 is 35.5 Å². The molecule has 6 rings (SSSR count). The number of H-pyrrole nitrogens is 1. The molecule has 0 radical (unpaired) electrons. The number of carbonyl (C=O) groups excluding carboxylic acids is 4. The Labute approximate surface area is 386 Å². The summed E-state index contributed by atoms with van der Waals surface area (Å²) in [5.41, 5.74) is 3.83. The molecule has 1 aromatic heterocycles. The molecule has 67 heavy (non-hydrogen) atoms. The van der Waals surface area contributed by atoms with E-state index >= 15 is 0 Å². The Kier molecular flexibility index (Phi) is 15.4. The second-order valence-corrected chi connectivity index (χ2v) is 18.6. The molecular weight excluding hydrogens is 877 g/mol. The topological polar surface area (TPSA) is 199 Å². The standard InChI is InChI=1S/C48H58F4N8O7/c1-28-25-34(42(63)60(6)36-21-23-59(5)24-22-36)17-20-37(28)31-11-7-29(8-12-31)26-38(55-40(61)33-13-9-30(10-14-33)27-53-45(66)67-46(2,3)4)41(62)54-35-18-15-32(16-19-35)39-56-43(58-57-39)47(49,50)48(51,52)44(64)65/h7-8,11-12,15-20,25,30,33,36,38H,9-10,13-14,21-24,26-27H2,1-6H3,(H,53,66)(H,54,62)(H,55,61)(H,64,65)(H,56,57,58)/t30-,33-,38-/m0/s1. The van der Waals surface area contributed by atoms with Crippen LogP contribution in [0, 0.1) is 18.8 Å². The van der Waals surface area contributed by atoms with Gasteiger partial charge >= 0.3 is 23.9 Å². The van der Waals surface area contributed by atoms with E-state index in [4.69, 9.17) is 9.84 Å². The van der Waals surface area contributed by atoms with Gasteiger partial charge in [0.25, 0.3) is 5.91 Å². The van der Waals surface area contributed by atoms with E-state index in [-0.39, 0.29) is 53.2 Å². The van der Waals surface area contributed by atoms with E-state index in [1.165, 1.54) is 24.3 Å². The molecule has 0 bridgehead atoms. The van der Waals surface area contributed by atoms with Crippen LogP contribution in [0.2, 0.25) is 0 Å². The Bertz CT molecular complexity index is 2410. The number of benzene rings is 3. The molecule has 4 amide bonds. The van der Waals surface area contributed by atoms with Gasteiger partial charge in [-0.25, -0.2) is 9.59 Å². The fourth-order valence-corrected chi connectivity index (χ4v) is 8.36. The lowest BCUT2D eigenvalue weighted by Crippen LogP contribution is -2.48. The Balaban J connectivity index is 1.14. The van der Waals surface area contributed by atoms with E-state index in [2.05, 4.69) is 38.1 Å². The van der Waals surface area contributed by atoms with Crippen LogP contribution in [0.15, 0.2) is 66.7 Å². The zero-order chi connectivity index (χ0) is 48.8. The summed E-state index contributed by atoms with van der Waals surface area (Å²) >= 11 is 0. The number of aromatic nitrogens is 3. The third-order valence-electron chi connectivity index (χ3n) is 12.4. The van der Waals surface area contributed by atoms with Gasteiger partial charge in [-0.2, -0.15) is 17.6 Å². The lowest BCUT2D eigenvalue weighted by molar-refractivity contribution is -0.231. The Morgan fingerprint density at radius 3 is 2.10 bits per heavy atom. The minimum absolute atomic E-state index is 0.0227. The van der Waals surface area contributed by atoms with Gasteiger partial charge in [-0.05, 0) is 151 Å². The van der Waals surface area contributed by atoms with Crippen LogP contribution in [0.3, 0.4) is 0 Å². The van der Waals surface area contributed by atoms with Crippen molar-refractivity contribution in [1.29, 1.82) is 0 Å². The molecule has 360 valence electrons. The zero-order valence-corrected chi connectivity index (χ0v) is 38.4. The third kappa shape index (κ3) is 12.4. The predicted molar refractivity (Wildman–Crippen MR) is 241 cm³/mol. The average molecular weight is 935 g/mol. The zero-order valence-electron chi connectivity index (χ0n) is 38.4. The summed E-state index contributed by atoms with van der Waals surface area (Å²) in [5, 5.41) is 23.7. The van der Waals surface area contributed by atoms with Gasteiger partial charge in [-0.1, -0.05) is 30.3 Å². The number of aliphatic carboxylic acids is 1. The van der Waals surface area contributed by atoms with Crippen LogP contribution in [0.5, 0.6) is 0 Å². The lowest BCUT2D eigenvalue weighted by atomic mass is 9.81. The number of alkyl carbamates (subject to hydrolysis) is 1. The first-order chi connectivity index (χ1) is 31.5. The molecule has 1 aliphatic carbocycles. The maximum absolute atomic E-state index is 14.3. The second kappa shape index (κ2) is 20.7. The maximum Gasteiger partial charge on any atom is 0.411 e. The van der Waals surface area contributed by atoms with Gasteiger partial charge in [-0.15, -0.1) is 10.2 Å². The van der Waals surface area contributed by atoms with Crippen LogP contribution in [0.4, 0.5) is 28.0 Å². The number of rotatable bonds is 15. The molecule has 2 heterocycles. The number of likely N-dealkylation sites (tertiary alicyclic amines) is 1. The number of ether oxygens (including phenoxy) is 1. The van der Waals surface area contributed by atoms with E-state index < -0.39 is 47.3 Å². The lowest BCUT2D eigenvalue weighted by Gasteiger charge is -2.35. The van der Waals surface area contributed by atoms with Crippen LogP contribution in [0.1, 0.15) is 86.6 Å². The minimum Gasteiger partial charge on any atom is -0.477 e. The Morgan fingerprint density at radius 1 is 0.881 bits per heavy atom. The third-order valence-corrected chi connectivity index (χ3v) is 12.4. The molecule has 4 aromatic rings. The van der Waals surface area contributed by atoms with Gasteiger partial charge < -0.3 is 40.6 Å². The highest BCUT2D eigenvalue weighted by atomic mass is 19.3. The molecule has 15 nitrogen and oxygen atoms in total. The number of hydrogen-bond acceptors (Lipinski definition) is 9. The van der Waals surface area contributed by atoms with Crippen molar-refractivity contribution in [2.45, 2.75) is 102 Å². The predicted octanol–water partition coefficient (Wildman–Crippen LogP) is 7.42. The average Bonchev–Trinajstić information content (AvgIpc) is 3.79. The largest absolute Gasteiger partial charge is 0.477 e. The molecule has 1 saturated heterocycles. The van der Waals surface area contributed by atoms with Crippen molar-refractivity contribution in [2.24, 2.45) is 11.8 Å². The van der Waals surface area contributed by atoms with E-state index in [1.807, 2.05) is 66.3 Å². The monoisotopic (exact) mass is 934 g/mol. The van der Waals surface area contributed by atoms with E-state index in [1.54, 1.807) is 20.8 Å². The quantitative estimate of drug-likeness (QED) is 0.0748. The number of aryl methyl sites for hydroxylation is 1. The highest BCUT2D eigenvalue weighted by Gasteiger charge is 2.65. The van der Waals surface area contributed by atoms with Crippen molar-refractivity contribution in [1.82, 2.24) is 35.6 Å². The normalized spacial score (nSPS) is 17.8. The molecule has 0 spiro atoms. The van der Waals surface area contributed by atoms with Gasteiger partial charge in [0.1, 0.15) is 11.6 Å². The highest BCUT2D eigenvalue weighted by Crippen LogP contribution is 2.42. The molecule has 1 saturated carbocycles. The van der Waals surface area contributed by atoms with Crippen molar-refractivity contribution in [3.05, 3.63) is 89.2 Å². The second-order valence-electron chi connectivity index (χ2n) is 18.6. The SMILES string of the molecule is Cc1cc(C(=O)N(C)C2CCN(C)CC2)ccc1-c1ccc(C[C@H](NC(=O)[C@H]2CC[C@H](CNC(=O)OC(C)(C)C)CC2)C(=O)Nc2ccc(-c3nnc(C(F)(F)C(F)(F)C(=O)O)[nH]3)cc2)cc1. The Hall–Kier alpha value is -6.37. The van der Waals surface area contributed by atoms with Crippen LogP contribution < -0.4 is 16.0 Å². The molecule has 5 N–H and O–H groups in total. The molecule has 19 heteroatoms. The van der Waals surface area contributed by atoms with Crippen molar-refractivity contribution < 1.29 is 51.4 Å². The smallest absolute Gasteiger partial charge is 0.411 e. The van der Waals surface area contributed by atoms with Crippen LogP contribution in [-0.2, 0) is 31.5 Å². The fourth-order valence-electron chi connectivity index (χ4n) is 8.36. The molecule has 2 fully saturated rings. The fraction of sp³-hybridized carbons (Fsp3) is 0.479. The van der Waals surface area contributed by atoms with Crippen LogP contribution >= 0.6 is 0 Å². The van der Waals surface area contributed by atoms with Crippen LogP contribution in [-0.4, -0.2) is 117 Å². The van der Waals surface area contributed by atoms with Gasteiger partial charge in [0, 0.05) is 48.8 Å². The van der Waals surface area contributed by atoms with Crippen molar-refractivity contribution in [2.75, 3.05) is 39.0 Å². The summed E-state index contributed by atoms with van der Waals surface area (Å²) in [5.74, 6) is -16.8. The number of carboxylic acid groups (broad SMARTS) is 1. The summed E-state index contributed by atoms with van der Waals surface area (Å²) in [6, 6.07) is 17.9. The van der Waals surface area contributed by atoms with Gasteiger partial charge in [0.2, 0.25) is 17.6 Å². The molecule has 1 aliphatic heterocycles. The number of amides is 4. The van der Waals surface area contributed by atoms with Crippen LogP contribution in [0.25, 0.3) is 22.5 Å². The number of aromatic amines is 1. The molecular formula is C48H58F4N8O7. The maximum atomic E-state index is 14.3.